The highest BCUT2D eigenvalue weighted by Gasteiger charge is 2.28. The standard InChI is InChI=1S/C19H20N2O2S/c1-12(2)16(19-21-14-10-6-7-11-15(14)24-19)23-17(18(20)22)13-8-4-3-5-9-13/h3-12,16-17H,1-2H3,(H2,20,22). The molecule has 2 atom stereocenters. The Bertz CT molecular complexity index is 797. The Balaban J connectivity index is 1.94. The van der Waals surface area contributed by atoms with Gasteiger partial charge in [0, 0.05) is 0 Å². The fraction of sp³-hybridized carbons (Fsp3) is 0.263. The van der Waals surface area contributed by atoms with E-state index in [0.29, 0.717) is 0 Å². The molecule has 0 saturated carbocycles. The molecule has 1 amide bonds. The highest BCUT2D eigenvalue weighted by molar-refractivity contribution is 7.18. The van der Waals surface area contributed by atoms with Gasteiger partial charge in [-0.15, -0.1) is 11.3 Å². The molecule has 3 rings (SSSR count). The Kier molecular flexibility index (Phi) is 4.92. The second-order valence-electron chi connectivity index (χ2n) is 6.01. The van der Waals surface area contributed by atoms with Crippen molar-refractivity contribution < 1.29 is 9.53 Å². The minimum atomic E-state index is -0.786. The summed E-state index contributed by atoms with van der Waals surface area (Å²) >= 11 is 1.59. The number of thiazole rings is 1. The predicted molar refractivity (Wildman–Crippen MR) is 96.7 cm³/mol. The largest absolute Gasteiger partial charge is 0.367 e. The van der Waals surface area contributed by atoms with Gasteiger partial charge in [0.05, 0.1) is 10.2 Å². The maximum absolute atomic E-state index is 11.9. The Morgan fingerprint density at radius 2 is 1.75 bits per heavy atom. The summed E-state index contributed by atoms with van der Waals surface area (Å²) in [6.45, 7) is 4.11. The van der Waals surface area contributed by atoms with Crippen molar-refractivity contribution in [2.24, 2.45) is 11.7 Å². The first-order chi connectivity index (χ1) is 11.6. The number of hydrogen-bond donors (Lipinski definition) is 1. The van der Waals surface area contributed by atoms with Crippen LogP contribution in [-0.4, -0.2) is 10.9 Å². The molecule has 0 aliphatic carbocycles. The van der Waals surface area contributed by atoms with Crippen molar-refractivity contribution in [1.29, 1.82) is 0 Å². The second kappa shape index (κ2) is 7.11. The van der Waals surface area contributed by atoms with Crippen molar-refractivity contribution in [3.05, 3.63) is 65.2 Å². The van der Waals surface area contributed by atoms with Crippen LogP contribution < -0.4 is 5.73 Å². The zero-order valence-corrected chi connectivity index (χ0v) is 14.5. The van der Waals surface area contributed by atoms with E-state index in [1.165, 1.54) is 0 Å². The van der Waals surface area contributed by atoms with Gasteiger partial charge >= 0.3 is 0 Å². The van der Waals surface area contributed by atoms with Gasteiger partial charge in [0.1, 0.15) is 11.1 Å². The first kappa shape index (κ1) is 16.6. The molecule has 0 saturated heterocycles. The third-order valence-electron chi connectivity index (χ3n) is 3.80. The van der Waals surface area contributed by atoms with Crippen LogP contribution in [0.25, 0.3) is 10.2 Å². The molecule has 2 aromatic carbocycles. The van der Waals surface area contributed by atoms with Gasteiger partial charge in [-0.05, 0) is 23.6 Å². The summed E-state index contributed by atoms with van der Waals surface area (Å²) in [5.41, 5.74) is 7.30. The molecule has 0 fully saturated rings. The fourth-order valence-electron chi connectivity index (χ4n) is 2.60. The second-order valence-corrected chi connectivity index (χ2v) is 7.08. The van der Waals surface area contributed by atoms with E-state index in [2.05, 4.69) is 18.8 Å². The van der Waals surface area contributed by atoms with Crippen molar-refractivity contribution in [1.82, 2.24) is 4.98 Å². The van der Waals surface area contributed by atoms with E-state index in [1.54, 1.807) is 11.3 Å². The molecule has 4 nitrogen and oxygen atoms in total. The van der Waals surface area contributed by atoms with Crippen LogP contribution in [0.15, 0.2) is 54.6 Å². The first-order valence-corrected chi connectivity index (χ1v) is 8.73. The Labute approximate surface area is 145 Å². The lowest BCUT2D eigenvalue weighted by atomic mass is 10.1. The number of fused-ring (bicyclic) bond motifs is 1. The molecule has 2 N–H and O–H groups in total. The van der Waals surface area contributed by atoms with Crippen molar-refractivity contribution in [3.8, 4) is 0 Å². The number of ether oxygens (including phenoxy) is 1. The molecular formula is C19H20N2O2S. The predicted octanol–water partition coefficient (Wildman–Crippen LogP) is 4.24. The SMILES string of the molecule is CC(C)C(OC(C(N)=O)c1ccccc1)c1nc2ccccc2s1. The number of benzene rings is 2. The monoisotopic (exact) mass is 340 g/mol. The number of rotatable bonds is 6. The molecule has 0 spiro atoms. The van der Waals surface area contributed by atoms with E-state index in [1.807, 2.05) is 54.6 Å². The highest BCUT2D eigenvalue weighted by atomic mass is 32.1. The molecule has 1 heterocycles. The van der Waals surface area contributed by atoms with Crippen LogP contribution in [0.1, 0.15) is 36.6 Å². The van der Waals surface area contributed by atoms with Crippen LogP contribution >= 0.6 is 11.3 Å². The smallest absolute Gasteiger partial charge is 0.251 e. The molecule has 3 aromatic rings. The molecule has 0 radical (unpaired) electrons. The number of primary amides is 1. The maximum Gasteiger partial charge on any atom is 0.251 e. The number of amides is 1. The van der Waals surface area contributed by atoms with Gasteiger partial charge in [0.15, 0.2) is 6.10 Å². The normalized spacial score (nSPS) is 14.0. The Morgan fingerprint density at radius 3 is 2.38 bits per heavy atom. The number of aromatic nitrogens is 1. The molecule has 0 bridgehead atoms. The van der Waals surface area contributed by atoms with Crippen molar-refractivity contribution in [2.75, 3.05) is 0 Å². The lowest BCUT2D eigenvalue weighted by molar-refractivity contribution is -0.136. The number of nitrogens with two attached hydrogens (primary N) is 1. The van der Waals surface area contributed by atoms with Crippen molar-refractivity contribution >= 4 is 27.5 Å². The topological polar surface area (TPSA) is 65.2 Å². The van der Waals surface area contributed by atoms with E-state index in [-0.39, 0.29) is 12.0 Å². The Hall–Kier alpha value is -2.24. The van der Waals surface area contributed by atoms with Crippen molar-refractivity contribution in [2.45, 2.75) is 26.1 Å². The lowest BCUT2D eigenvalue weighted by Gasteiger charge is -2.24. The molecular weight excluding hydrogens is 320 g/mol. The van der Waals surface area contributed by atoms with E-state index < -0.39 is 12.0 Å². The maximum atomic E-state index is 11.9. The van der Waals surface area contributed by atoms with Crippen LogP contribution in [0.3, 0.4) is 0 Å². The molecule has 124 valence electrons. The summed E-state index contributed by atoms with van der Waals surface area (Å²) < 4.78 is 7.26. The van der Waals surface area contributed by atoms with E-state index >= 15 is 0 Å². The number of carbonyl (C=O) groups is 1. The van der Waals surface area contributed by atoms with Crippen LogP contribution in [0.4, 0.5) is 0 Å². The van der Waals surface area contributed by atoms with Gasteiger partial charge in [0.25, 0.3) is 5.91 Å². The van der Waals surface area contributed by atoms with Crippen LogP contribution in [0.5, 0.6) is 0 Å². The molecule has 1 aromatic heterocycles. The van der Waals surface area contributed by atoms with Crippen LogP contribution in [0, 0.1) is 5.92 Å². The van der Waals surface area contributed by atoms with Gasteiger partial charge in [0.2, 0.25) is 0 Å². The van der Waals surface area contributed by atoms with Gasteiger partial charge in [-0.2, -0.15) is 0 Å². The Morgan fingerprint density at radius 1 is 1.08 bits per heavy atom. The summed E-state index contributed by atoms with van der Waals surface area (Å²) in [6.07, 6.45) is -1.08. The van der Waals surface area contributed by atoms with E-state index in [0.717, 1.165) is 20.8 Å². The average molecular weight is 340 g/mol. The number of nitrogens with zero attached hydrogens (tertiary/aromatic N) is 1. The quantitative estimate of drug-likeness (QED) is 0.730. The van der Waals surface area contributed by atoms with E-state index in [4.69, 9.17) is 10.5 Å². The minimum Gasteiger partial charge on any atom is -0.367 e. The summed E-state index contributed by atoms with van der Waals surface area (Å²) in [6, 6.07) is 17.3. The van der Waals surface area contributed by atoms with E-state index in [9.17, 15) is 4.79 Å². The summed E-state index contributed by atoms with van der Waals surface area (Å²) in [7, 11) is 0. The van der Waals surface area contributed by atoms with Gasteiger partial charge in [-0.1, -0.05) is 56.3 Å². The molecule has 0 aliphatic heterocycles. The van der Waals surface area contributed by atoms with Gasteiger partial charge < -0.3 is 10.5 Å². The van der Waals surface area contributed by atoms with Gasteiger partial charge in [-0.25, -0.2) is 4.98 Å². The zero-order valence-electron chi connectivity index (χ0n) is 13.7. The number of para-hydroxylation sites is 1. The summed E-state index contributed by atoms with van der Waals surface area (Å²) in [4.78, 5) is 16.6. The summed E-state index contributed by atoms with van der Waals surface area (Å²) in [5.74, 6) is -0.330. The van der Waals surface area contributed by atoms with Crippen molar-refractivity contribution in [3.63, 3.8) is 0 Å². The number of carbonyl (C=O) groups excluding carboxylic acids is 1. The number of hydrogen-bond acceptors (Lipinski definition) is 4. The molecule has 2 unspecified atom stereocenters. The lowest BCUT2D eigenvalue weighted by Crippen LogP contribution is -2.27. The molecule has 5 heteroatoms. The third kappa shape index (κ3) is 3.47. The summed E-state index contributed by atoms with van der Waals surface area (Å²) in [5, 5.41) is 0.869. The third-order valence-corrected chi connectivity index (χ3v) is 4.90. The fourth-order valence-corrected chi connectivity index (χ4v) is 3.77. The minimum absolute atomic E-state index is 0.163. The zero-order chi connectivity index (χ0) is 17.1. The van der Waals surface area contributed by atoms with Crippen LogP contribution in [0.2, 0.25) is 0 Å². The van der Waals surface area contributed by atoms with Crippen LogP contribution in [-0.2, 0) is 9.53 Å². The average Bonchev–Trinajstić information content (AvgIpc) is 2.99. The molecule has 0 aliphatic rings. The first-order valence-electron chi connectivity index (χ1n) is 7.91. The van der Waals surface area contributed by atoms with Gasteiger partial charge in [-0.3, -0.25) is 4.79 Å². The highest BCUT2D eigenvalue weighted by Crippen LogP contribution is 2.36. The molecule has 24 heavy (non-hydrogen) atoms.